The summed E-state index contributed by atoms with van der Waals surface area (Å²) in [6, 6.07) is 24.1. The van der Waals surface area contributed by atoms with Crippen molar-refractivity contribution < 1.29 is 4.79 Å². The minimum absolute atomic E-state index is 0.158. The molecule has 138 valence electrons. The summed E-state index contributed by atoms with van der Waals surface area (Å²) in [6.45, 7) is 2.06. The van der Waals surface area contributed by atoms with Crippen molar-refractivity contribution in [1.82, 2.24) is 10.4 Å². The largest absolute Gasteiger partial charge is 0.272 e. The van der Waals surface area contributed by atoms with Crippen LogP contribution < -0.4 is 5.43 Å². The number of carbonyl (C=O) groups is 1. The molecule has 28 heavy (non-hydrogen) atoms. The average molecular weight is 385 g/mol. The van der Waals surface area contributed by atoms with Crippen LogP contribution in [-0.2, 0) is 4.79 Å². The second-order valence-corrected chi connectivity index (χ2v) is 7.44. The van der Waals surface area contributed by atoms with E-state index in [0.717, 1.165) is 37.8 Å². The maximum absolute atomic E-state index is 12.1. The van der Waals surface area contributed by atoms with E-state index >= 15 is 0 Å². The smallest absolute Gasteiger partial charge is 0.250 e. The van der Waals surface area contributed by atoms with E-state index in [0.29, 0.717) is 0 Å². The Labute approximate surface area is 167 Å². The third-order valence-corrected chi connectivity index (χ3v) is 5.38. The molecule has 0 fully saturated rings. The summed E-state index contributed by atoms with van der Waals surface area (Å²) in [5.74, 6) is 0.103. The number of hydrazone groups is 1. The number of hydrogen-bond donors (Lipinski definition) is 1. The third kappa shape index (κ3) is 4.05. The van der Waals surface area contributed by atoms with Crippen molar-refractivity contribution in [2.24, 2.45) is 5.10 Å². The van der Waals surface area contributed by atoms with E-state index < -0.39 is 0 Å². The highest BCUT2D eigenvalue weighted by Crippen LogP contribution is 2.23. The molecule has 1 heterocycles. The number of fused-ring (bicyclic) bond motifs is 2. The number of aryl methyl sites for hydroxylation is 1. The number of thioether (sulfide) groups is 1. The highest BCUT2D eigenvalue weighted by Gasteiger charge is 2.06. The first-order valence-corrected chi connectivity index (χ1v) is 9.98. The van der Waals surface area contributed by atoms with Crippen molar-refractivity contribution in [1.29, 1.82) is 0 Å². The second-order valence-electron chi connectivity index (χ2n) is 6.44. The van der Waals surface area contributed by atoms with E-state index in [9.17, 15) is 4.79 Å². The number of rotatable bonds is 5. The molecule has 0 unspecified atom stereocenters. The van der Waals surface area contributed by atoms with Gasteiger partial charge in [-0.15, -0.1) is 0 Å². The quantitative estimate of drug-likeness (QED) is 0.301. The van der Waals surface area contributed by atoms with E-state index in [4.69, 9.17) is 0 Å². The van der Waals surface area contributed by atoms with Gasteiger partial charge in [0.25, 0.3) is 0 Å². The molecular formula is C23H19N3OS. The number of benzene rings is 3. The summed E-state index contributed by atoms with van der Waals surface area (Å²) in [4.78, 5) is 16.8. The number of nitrogens with one attached hydrogen (secondary N) is 1. The number of hydrogen-bond acceptors (Lipinski definition) is 4. The molecule has 0 bridgehead atoms. The molecule has 0 aliphatic rings. The van der Waals surface area contributed by atoms with Gasteiger partial charge < -0.3 is 0 Å². The Balaban J connectivity index is 1.39. The summed E-state index contributed by atoms with van der Waals surface area (Å²) >= 11 is 1.41. The Morgan fingerprint density at radius 3 is 2.68 bits per heavy atom. The zero-order valence-electron chi connectivity index (χ0n) is 15.4. The molecule has 4 aromatic rings. The second kappa shape index (κ2) is 8.23. The zero-order chi connectivity index (χ0) is 19.3. The molecule has 0 saturated heterocycles. The Hall–Kier alpha value is -3.18. The van der Waals surface area contributed by atoms with Gasteiger partial charge in [0.2, 0.25) is 5.91 Å². The Morgan fingerprint density at radius 2 is 1.79 bits per heavy atom. The van der Waals surface area contributed by atoms with Crippen LogP contribution in [0, 0.1) is 6.92 Å². The summed E-state index contributed by atoms with van der Waals surface area (Å²) in [6.07, 6.45) is 1.68. The highest BCUT2D eigenvalue weighted by molar-refractivity contribution is 7.99. The van der Waals surface area contributed by atoms with Crippen LogP contribution in [0.1, 0.15) is 11.1 Å². The number of pyridine rings is 1. The van der Waals surface area contributed by atoms with Crippen LogP contribution >= 0.6 is 11.8 Å². The van der Waals surface area contributed by atoms with Gasteiger partial charge in [-0.2, -0.15) is 5.10 Å². The summed E-state index contributed by atoms with van der Waals surface area (Å²) in [5, 5.41) is 8.34. The molecule has 1 amide bonds. The Morgan fingerprint density at radius 1 is 1.04 bits per heavy atom. The van der Waals surface area contributed by atoms with Gasteiger partial charge in [-0.3, -0.25) is 4.79 Å². The van der Waals surface area contributed by atoms with Crippen molar-refractivity contribution in [3.63, 3.8) is 0 Å². The molecule has 0 saturated carbocycles. The first kappa shape index (κ1) is 18.2. The standard InChI is InChI=1S/C23H19N3OS/c1-16-13-23(25-21-12-5-4-10-19(16)21)28-15-22(27)26-24-14-18-9-6-8-17-7-2-3-11-20(17)18/h2-14H,15H2,1H3,(H,26,27)/b24-14-. The maximum atomic E-state index is 12.1. The average Bonchev–Trinajstić information content (AvgIpc) is 2.72. The van der Waals surface area contributed by atoms with Gasteiger partial charge in [-0.25, -0.2) is 10.4 Å². The van der Waals surface area contributed by atoms with Crippen LogP contribution in [0.15, 0.2) is 82.9 Å². The lowest BCUT2D eigenvalue weighted by molar-refractivity contribution is -0.118. The van der Waals surface area contributed by atoms with Crippen molar-refractivity contribution in [3.05, 3.63) is 83.9 Å². The van der Waals surface area contributed by atoms with Crippen LogP contribution in [0.25, 0.3) is 21.7 Å². The van der Waals surface area contributed by atoms with E-state index in [1.54, 1.807) is 6.21 Å². The van der Waals surface area contributed by atoms with E-state index in [1.807, 2.05) is 54.6 Å². The van der Waals surface area contributed by atoms with Gasteiger partial charge in [0.15, 0.2) is 0 Å². The molecule has 0 aliphatic heterocycles. The SMILES string of the molecule is Cc1cc(SCC(=O)N/N=C\c2cccc3ccccc23)nc2ccccc12. The molecule has 0 radical (unpaired) electrons. The predicted octanol–water partition coefficient (Wildman–Crippen LogP) is 4.94. The first-order chi connectivity index (χ1) is 13.7. The molecule has 4 nitrogen and oxygen atoms in total. The molecular weight excluding hydrogens is 366 g/mol. The van der Waals surface area contributed by atoms with Crippen LogP contribution in [0.3, 0.4) is 0 Å². The van der Waals surface area contributed by atoms with Gasteiger partial charge >= 0.3 is 0 Å². The molecule has 1 aromatic heterocycles. The zero-order valence-corrected chi connectivity index (χ0v) is 16.2. The van der Waals surface area contributed by atoms with Crippen molar-refractivity contribution in [3.8, 4) is 0 Å². The minimum Gasteiger partial charge on any atom is -0.272 e. The molecule has 5 heteroatoms. The predicted molar refractivity (Wildman–Crippen MR) is 117 cm³/mol. The fourth-order valence-electron chi connectivity index (χ4n) is 3.10. The van der Waals surface area contributed by atoms with Crippen molar-refractivity contribution >= 4 is 45.6 Å². The van der Waals surface area contributed by atoms with Gasteiger partial charge in [-0.1, -0.05) is 72.4 Å². The van der Waals surface area contributed by atoms with Crippen LogP contribution in [0.2, 0.25) is 0 Å². The number of aromatic nitrogens is 1. The number of para-hydroxylation sites is 1. The van der Waals surface area contributed by atoms with E-state index in [-0.39, 0.29) is 11.7 Å². The molecule has 0 atom stereocenters. The van der Waals surface area contributed by atoms with E-state index in [2.05, 4.69) is 40.6 Å². The molecule has 3 aromatic carbocycles. The topological polar surface area (TPSA) is 54.4 Å². The number of amides is 1. The highest BCUT2D eigenvalue weighted by atomic mass is 32.2. The maximum Gasteiger partial charge on any atom is 0.250 e. The van der Waals surface area contributed by atoms with Crippen LogP contribution in [-0.4, -0.2) is 22.9 Å². The lowest BCUT2D eigenvalue weighted by Gasteiger charge is -2.06. The summed E-state index contributed by atoms with van der Waals surface area (Å²) in [5.41, 5.74) is 5.67. The molecule has 4 rings (SSSR count). The summed E-state index contributed by atoms with van der Waals surface area (Å²) in [7, 11) is 0. The Kier molecular flexibility index (Phi) is 5.35. The Bertz CT molecular complexity index is 1180. The van der Waals surface area contributed by atoms with Crippen LogP contribution in [0.5, 0.6) is 0 Å². The molecule has 1 N–H and O–H groups in total. The lowest BCUT2D eigenvalue weighted by atomic mass is 10.1. The van der Waals surface area contributed by atoms with Gasteiger partial charge in [0, 0.05) is 10.9 Å². The van der Waals surface area contributed by atoms with Gasteiger partial charge in [-0.05, 0) is 35.4 Å². The minimum atomic E-state index is -0.158. The summed E-state index contributed by atoms with van der Waals surface area (Å²) < 4.78 is 0. The van der Waals surface area contributed by atoms with Crippen LogP contribution in [0.4, 0.5) is 0 Å². The lowest BCUT2D eigenvalue weighted by Crippen LogP contribution is -2.19. The monoisotopic (exact) mass is 385 g/mol. The normalized spacial score (nSPS) is 11.3. The van der Waals surface area contributed by atoms with Crippen molar-refractivity contribution in [2.45, 2.75) is 11.9 Å². The van der Waals surface area contributed by atoms with E-state index in [1.165, 1.54) is 11.8 Å². The van der Waals surface area contributed by atoms with Crippen molar-refractivity contribution in [2.75, 3.05) is 5.75 Å². The third-order valence-electron chi connectivity index (χ3n) is 4.47. The molecule has 0 aliphatic carbocycles. The fourth-order valence-corrected chi connectivity index (χ4v) is 3.87. The number of carbonyl (C=O) groups excluding carboxylic acids is 1. The van der Waals surface area contributed by atoms with Gasteiger partial charge in [0.1, 0.15) is 0 Å². The number of nitrogens with zero attached hydrogens (tertiary/aromatic N) is 2. The fraction of sp³-hybridized carbons (Fsp3) is 0.0870. The molecule has 0 spiro atoms. The van der Waals surface area contributed by atoms with Gasteiger partial charge in [0.05, 0.1) is 22.5 Å². The first-order valence-electron chi connectivity index (χ1n) is 8.99.